The Morgan fingerprint density at radius 3 is 2.72 bits per heavy atom. The third kappa shape index (κ3) is 2.32. The minimum absolute atomic E-state index is 0.251. The summed E-state index contributed by atoms with van der Waals surface area (Å²) >= 11 is 0. The predicted octanol–water partition coefficient (Wildman–Crippen LogP) is 1.23. The highest BCUT2D eigenvalue weighted by Gasteiger charge is 2.19. The molecule has 0 aliphatic rings. The van der Waals surface area contributed by atoms with Crippen molar-refractivity contribution >= 4 is 5.82 Å². The van der Waals surface area contributed by atoms with Crippen molar-refractivity contribution in [1.82, 2.24) is 15.4 Å². The zero-order chi connectivity index (χ0) is 13.1. The average Bonchev–Trinajstić information content (AvgIpc) is 2.36. The lowest BCUT2D eigenvalue weighted by Crippen LogP contribution is -2.31. The molecule has 2 aromatic heterocycles. The molecule has 0 aliphatic carbocycles. The van der Waals surface area contributed by atoms with Gasteiger partial charge in [-0.2, -0.15) is 0 Å². The van der Waals surface area contributed by atoms with Crippen LogP contribution in [0.5, 0.6) is 0 Å². The second-order valence-corrected chi connectivity index (χ2v) is 4.29. The largest absolute Gasteiger partial charge is 0.383 e. The van der Waals surface area contributed by atoms with Gasteiger partial charge in [0.1, 0.15) is 5.82 Å². The van der Waals surface area contributed by atoms with Crippen molar-refractivity contribution < 1.29 is 0 Å². The minimum atomic E-state index is -0.251. The zero-order valence-corrected chi connectivity index (χ0v) is 10.5. The monoisotopic (exact) mass is 243 g/mol. The Morgan fingerprint density at radius 2 is 2.06 bits per heavy atom. The van der Waals surface area contributed by atoms with Gasteiger partial charge in [0, 0.05) is 18.0 Å². The Labute approximate surface area is 106 Å². The van der Waals surface area contributed by atoms with Gasteiger partial charge in [-0.3, -0.25) is 10.8 Å². The molecule has 94 valence electrons. The summed E-state index contributed by atoms with van der Waals surface area (Å²) in [4.78, 5) is 8.53. The van der Waals surface area contributed by atoms with Crippen LogP contribution in [0, 0.1) is 13.8 Å². The summed E-state index contributed by atoms with van der Waals surface area (Å²) in [6, 6.07) is 5.61. The second kappa shape index (κ2) is 5.12. The van der Waals surface area contributed by atoms with E-state index in [2.05, 4.69) is 15.4 Å². The number of aryl methyl sites for hydroxylation is 2. The Morgan fingerprint density at radius 1 is 1.28 bits per heavy atom. The quantitative estimate of drug-likeness (QED) is 0.557. The number of anilines is 1. The molecule has 2 rings (SSSR count). The van der Waals surface area contributed by atoms with E-state index in [-0.39, 0.29) is 6.04 Å². The molecule has 0 bridgehead atoms. The molecule has 0 aromatic carbocycles. The lowest BCUT2D eigenvalue weighted by Gasteiger charge is -2.19. The highest BCUT2D eigenvalue weighted by molar-refractivity contribution is 5.46. The van der Waals surface area contributed by atoms with Crippen molar-refractivity contribution in [3.63, 3.8) is 0 Å². The standard InChI is InChI=1S/C13H17N5/c1-8-6-10(13(14)17-7-8)12(18-15)11-9(2)4-3-5-16-11/h3-7,12,18H,15H2,1-2H3,(H2,14,17). The summed E-state index contributed by atoms with van der Waals surface area (Å²) in [6.45, 7) is 3.96. The maximum Gasteiger partial charge on any atom is 0.128 e. The Balaban J connectivity index is 2.52. The van der Waals surface area contributed by atoms with E-state index in [0.29, 0.717) is 5.82 Å². The van der Waals surface area contributed by atoms with Crippen LogP contribution < -0.4 is 17.0 Å². The number of pyridine rings is 2. The number of hydrazine groups is 1. The predicted molar refractivity (Wildman–Crippen MR) is 71.5 cm³/mol. The van der Waals surface area contributed by atoms with Crippen molar-refractivity contribution in [1.29, 1.82) is 0 Å². The van der Waals surface area contributed by atoms with E-state index in [1.54, 1.807) is 12.4 Å². The smallest absolute Gasteiger partial charge is 0.128 e. The molecule has 0 amide bonds. The average molecular weight is 243 g/mol. The Hall–Kier alpha value is -1.98. The van der Waals surface area contributed by atoms with Crippen LogP contribution in [-0.2, 0) is 0 Å². The molecule has 0 fully saturated rings. The van der Waals surface area contributed by atoms with Crippen molar-refractivity contribution in [2.24, 2.45) is 5.84 Å². The molecule has 0 saturated carbocycles. The molecular weight excluding hydrogens is 226 g/mol. The fraction of sp³-hybridized carbons (Fsp3) is 0.231. The van der Waals surface area contributed by atoms with E-state index in [9.17, 15) is 0 Å². The molecule has 0 aliphatic heterocycles. The van der Waals surface area contributed by atoms with Crippen LogP contribution in [-0.4, -0.2) is 9.97 Å². The zero-order valence-electron chi connectivity index (χ0n) is 10.5. The highest BCUT2D eigenvalue weighted by Crippen LogP contribution is 2.26. The number of hydrogen-bond donors (Lipinski definition) is 3. The molecule has 5 heteroatoms. The third-order valence-electron chi connectivity index (χ3n) is 2.89. The fourth-order valence-electron chi connectivity index (χ4n) is 1.95. The normalized spacial score (nSPS) is 12.4. The number of nitrogen functional groups attached to an aromatic ring is 1. The number of rotatable bonds is 3. The van der Waals surface area contributed by atoms with Gasteiger partial charge in [0.15, 0.2) is 0 Å². The van der Waals surface area contributed by atoms with Crippen molar-refractivity contribution in [3.05, 3.63) is 53.0 Å². The Kier molecular flexibility index (Phi) is 3.55. The van der Waals surface area contributed by atoms with Gasteiger partial charge in [0.2, 0.25) is 0 Å². The SMILES string of the molecule is Cc1cnc(N)c(C(NN)c2ncccc2C)c1. The van der Waals surface area contributed by atoms with Crippen molar-refractivity contribution in [2.75, 3.05) is 5.73 Å². The summed E-state index contributed by atoms with van der Waals surface area (Å²) < 4.78 is 0. The van der Waals surface area contributed by atoms with Crippen molar-refractivity contribution in [3.8, 4) is 0 Å². The first-order valence-corrected chi connectivity index (χ1v) is 5.73. The highest BCUT2D eigenvalue weighted by atomic mass is 15.2. The Bertz CT molecular complexity index is 553. The molecule has 1 atom stereocenters. The molecule has 0 spiro atoms. The first-order chi connectivity index (χ1) is 8.63. The third-order valence-corrected chi connectivity index (χ3v) is 2.89. The molecule has 18 heavy (non-hydrogen) atoms. The van der Waals surface area contributed by atoms with Crippen LogP contribution in [0.2, 0.25) is 0 Å². The molecule has 2 aromatic rings. The fourth-order valence-corrected chi connectivity index (χ4v) is 1.95. The molecule has 1 unspecified atom stereocenters. The van der Waals surface area contributed by atoms with Gasteiger partial charge in [-0.15, -0.1) is 0 Å². The number of aromatic nitrogens is 2. The summed E-state index contributed by atoms with van der Waals surface area (Å²) in [5.74, 6) is 6.12. The molecule has 0 saturated heterocycles. The maximum atomic E-state index is 5.92. The number of nitrogens with two attached hydrogens (primary N) is 2. The van der Waals surface area contributed by atoms with Crippen LogP contribution in [0.3, 0.4) is 0 Å². The molecule has 2 heterocycles. The number of hydrogen-bond acceptors (Lipinski definition) is 5. The topological polar surface area (TPSA) is 89.8 Å². The number of nitrogens with one attached hydrogen (secondary N) is 1. The molecular formula is C13H17N5. The second-order valence-electron chi connectivity index (χ2n) is 4.29. The van der Waals surface area contributed by atoms with E-state index in [1.165, 1.54) is 0 Å². The first kappa shape index (κ1) is 12.5. The van der Waals surface area contributed by atoms with Gasteiger partial charge in [-0.05, 0) is 37.1 Å². The van der Waals surface area contributed by atoms with E-state index in [4.69, 9.17) is 11.6 Å². The van der Waals surface area contributed by atoms with Gasteiger partial charge in [0.25, 0.3) is 0 Å². The summed E-state index contributed by atoms with van der Waals surface area (Å²) in [7, 11) is 0. The molecule has 5 nitrogen and oxygen atoms in total. The van der Waals surface area contributed by atoms with Crippen LogP contribution in [0.4, 0.5) is 5.82 Å². The van der Waals surface area contributed by atoms with Gasteiger partial charge in [-0.25, -0.2) is 10.4 Å². The van der Waals surface area contributed by atoms with E-state index >= 15 is 0 Å². The maximum absolute atomic E-state index is 5.92. The molecule has 5 N–H and O–H groups in total. The van der Waals surface area contributed by atoms with E-state index in [1.807, 2.05) is 32.0 Å². The van der Waals surface area contributed by atoms with Crippen LogP contribution in [0.15, 0.2) is 30.6 Å². The van der Waals surface area contributed by atoms with Gasteiger partial charge >= 0.3 is 0 Å². The van der Waals surface area contributed by atoms with Crippen LogP contribution in [0.25, 0.3) is 0 Å². The lowest BCUT2D eigenvalue weighted by atomic mass is 10.00. The van der Waals surface area contributed by atoms with E-state index in [0.717, 1.165) is 22.4 Å². The van der Waals surface area contributed by atoms with Gasteiger partial charge in [-0.1, -0.05) is 6.07 Å². The lowest BCUT2D eigenvalue weighted by molar-refractivity contribution is 0.616. The van der Waals surface area contributed by atoms with Crippen molar-refractivity contribution in [2.45, 2.75) is 19.9 Å². The number of nitrogens with zero attached hydrogens (tertiary/aromatic N) is 2. The van der Waals surface area contributed by atoms with Crippen LogP contribution in [0.1, 0.15) is 28.4 Å². The minimum Gasteiger partial charge on any atom is -0.383 e. The molecule has 0 radical (unpaired) electrons. The summed E-state index contributed by atoms with van der Waals surface area (Å²) in [6.07, 6.45) is 3.48. The van der Waals surface area contributed by atoms with Gasteiger partial charge < -0.3 is 5.73 Å². The summed E-state index contributed by atoms with van der Waals surface area (Å²) in [5.41, 5.74) is 12.5. The summed E-state index contributed by atoms with van der Waals surface area (Å²) in [5, 5.41) is 0. The van der Waals surface area contributed by atoms with Crippen LogP contribution >= 0.6 is 0 Å². The van der Waals surface area contributed by atoms with E-state index < -0.39 is 0 Å². The van der Waals surface area contributed by atoms with Gasteiger partial charge in [0.05, 0.1) is 11.7 Å². The first-order valence-electron chi connectivity index (χ1n) is 5.73.